The van der Waals surface area contributed by atoms with Crippen LogP contribution in [0.2, 0.25) is 5.02 Å². The van der Waals surface area contributed by atoms with Crippen molar-refractivity contribution < 1.29 is 8.42 Å². The monoisotopic (exact) mass is 301 g/mol. The molecule has 0 saturated heterocycles. The van der Waals surface area contributed by atoms with Crippen molar-refractivity contribution >= 4 is 27.3 Å². The predicted octanol–water partition coefficient (Wildman–Crippen LogP) is 2.15. The molecule has 19 heavy (non-hydrogen) atoms. The fraction of sp³-hybridized carbons (Fsp3) is 0.417. The van der Waals surface area contributed by atoms with Gasteiger partial charge in [0.15, 0.2) is 0 Å². The van der Waals surface area contributed by atoms with Gasteiger partial charge < -0.3 is 5.73 Å². The number of nitrogen functional groups attached to an aromatic ring is 1. The van der Waals surface area contributed by atoms with Crippen LogP contribution in [0.1, 0.15) is 18.9 Å². The van der Waals surface area contributed by atoms with Gasteiger partial charge in [0.2, 0.25) is 10.0 Å². The van der Waals surface area contributed by atoms with Gasteiger partial charge in [-0.25, -0.2) is 8.42 Å². The van der Waals surface area contributed by atoms with Gasteiger partial charge in [-0.15, -0.1) is 0 Å². The zero-order chi connectivity index (χ0) is 14.8. The molecule has 7 heteroatoms. The van der Waals surface area contributed by atoms with Crippen LogP contribution in [0.15, 0.2) is 17.0 Å². The first-order valence-electron chi connectivity index (χ1n) is 5.62. The van der Waals surface area contributed by atoms with E-state index >= 15 is 0 Å². The molecule has 0 radical (unpaired) electrons. The van der Waals surface area contributed by atoms with Crippen LogP contribution in [0.3, 0.4) is 0 Å². The van der Waals surface area contributed by atoms with E-state index in [0.717, 1.165) is 9.87 Å². The summed E-state index contributed by atoms with van der Waals surface area (Å²) in [6, 6.07) is 4.38. The molecule has 0 aliphatic carbocycles. The van der Waals surface area contributed by atoms with Crippen molar-refractivity contribution in [1.29, 1.82) is 5.26 Å². The summed E-state index contributed by atoms with van der Waals surface area (Å²) in [6.45, 7) is 3.41. The highest BCUT2D eigenvalue weighted by Gasteiger charge is 2.27. The third-order valence-corrected chi connectivity index (χ3v) is 5.42. The van der Waals surface area contributed by atoms with Crippen molar-refractivity contribution in [1.82, 2.24) is 4.31 Å². The van der Waals surface area contributed by atoms with Crippen LogP contribution in [0.25, 0.3) is 0 Å². The van der Waals surface area contributed by atoms with E-state index in [-0.39, 0.29) is 16.3 Å². The lowest BCUT2D eigenvalue weighted by Gasteiger charge is -2.23. The van der Waals surface area contributed by atoms with E-state index < -0.39 is 16.1 Å². The number of rotatable bonds is 4. The Hall–Kier alpha value is -1.29. The maximum Gasteiger partial charge on any atom is 0.244 e. The molecule has 2 N–H and O–H groups in total. The predicted molar refractivity (Wildman–Crippen MR) is 75.2 cm³/mol. The van der Waals surface area contributed by atoms with Crippen molar-refractivity contribution in [3.05, 3.63) is 22.7 Å². The number of halogens is 1. The molecule has 0 saturated carbocycles. The molecule has 0 bridgehead atoms. The Morgan fingerprint density at radius 1 is 1.53 bits per heavy atom. The molecule has 104 valence electrons. The van der Waals surface area contributed by atoms with Crippen LogP contribution in [0.5, 0.6) is 0 Å². The number of nitrogens with two attached hydrogens (primary N) is 1. The summed E-state index contributed by atoms with van der Waals surface area (Å²) in [5.74, 6) is 0. The minimum absolute atomic E-state index is 0.0374. The van der Waals surface area contributed by atoms with Crippen LogP contribution >= 0.6 is 11.6 Å². The van der Waals surface area contributed by atoms with Crippen LogP contribution in [-0.2, 0) is 10.0 Å². The van der Waals surface area contributed by atoms with Crippen molar-refractivity contribution in [2.24, 2.45) is 0 Å². The van der Waals surface area contributed by atoms with Crippen LogP contribution < -0.4 is 5.73 Å². The van der Waals surface area contributed by atoms with Gasteiger partial charge >= 0.3 is 0 Å². The zero-order valence-corrected chi connectivity index (χ0v) is 12.6. The van der Waals surface area contributed by atoms with Crippen LogP contribution in [0.4, 0.5) is 5.69 Å². The Balaban J connectivity index is 3.29. The lowest BCUT2D eigenvalue weighted by molar-refractivity contribution is 0.393. The number of sulfonamides is 1. The number of benzene rings is 1. The van der Waals surface area contributed by atoms with Crippen molar-refractivity contribution in [3.63, 3.8) is 0 Å². The SMILES string of the molecule is Cc1cc(Cl)c(S(=O)(=O)N(C)C(C)CC#N)cc1N. The van der Waals surface area contributed by atoms with E-state index in [9.17, 15) is 8.42 Å². The molecule has 5 nitrogen and oxygen atoms in total. The Labute approximate surface area is 118 Å². The third-order valence-electron chi connectivity index (χ3n) is 2.99. The van der Waals surface area contributed by atoms with E-state index in [4.69, 9.17) is 22.6 Å². The van der Waals surface area contributed by atoms with Gasteiger partial charge in [-0.05, 0) is 31.5 Å². The molecular formula is C12H16ClN3O2S. The summed E-state index contributed by atoms with van der Waals surface area (Å²) in [7, 11) is -2.34. The van der Waals surface area contributed by atoms with Gasteiger partial charge in [-0.3, -0.25) is 0 Å². The summed E-state index contributed by atoms with van der Waals surface area (Å²) in [4.78, 5) is -0.0374. The second kappa shape index (κ2) is 5.78. The van der Waals surface area contributed by atoms with E-state index in [1.54, 1.807) is 13.8 Å². The minimum atomic E-state index is -3.76. The van der Waals surface area contributed by atoms with E-state index in [1.165, 1.54) is 19.2 Å². The molecule has 0 aromatic heterocycles. The summed E-state index contributed by atoms with van der Waals surface area (Å²) >= 11 is 5.99. The Morgan fingerprint density at radius 3 is 2.63 bits per heavy atom. The molecule has 1 atom stereocenters. The van der Waals surface area contributed by atoms with Crippen molar-refractivity contribution in [2.45, 2.75) is 31.2 Å². The quantitative estimate of drug-likeness (QED) is 0.863. The van der Waals surface area contributed by atoms with E-state index in [0.29, 0.717) is 5.69 Å². The maximum absolute atomic E-state index is 12.4. The molecule has 0 aliphatic heterocycles. The lowest BCUT2D eigenvalue weighted by Crippen LogP contribution is -2.35. The molecule has 0 heterocycles. The second-order valence-electron chi connectivity index (χ2n) is 4.37. The van der Waals surface area contributed by atoms with E-state index in [2.05, 4.69) is 0 Å². The largest absolute Gasteiger partial charge is 0.398 e. The Morgan fingerprint density at radius 2 is 2.11 bits per heavy atom. The molecule has 0 fully saturated rings. The van der Waals surface area contributed by atoms with Gasteiger partial charge in [0.25, 0.3) is 0 Å². The number of hydrogen-bond acceptors (Lipinski definition) is 4. The van der Waals surface area contributed by atoms with Crippen LogP contribution in [0, 0.1) is 18.3 Å². The molecule has 1 unspecified atom stereocenters. The summed E-state index contributed by atoms with van der Waals surface area (Å²) in [6.07, 6.45) is 0.106. The number of nitrogens with zero attached hydrogens (tertiary/aromatic N) is 2. The first kappa shape index (κ1) is 15.8. The zero-order valence-electron chi connectivity index (χ0n) is 11.0. The lowest BCUT2D eigenvalue weighted by atomic mass is 10.2. The standard InChI is InChI=1S/C12H16ClN3O2S/c1-8-6-10(13)12(7-11(8)15)19(17,18)16(3)9(2)4-5-14/h6-7,9H,4,15H2,1-3H3. The third kappa shape index (κ3) is 3.18. The van der Waals surface area contributed by atoms with Gasteiger partial charge in [0.1, 0.15) is 4.90 Å². The topological polar surface area (TPSA) is 87.2 Å². The molecule has 1 aromatic rings. The number of anilines is 1. The van der Waals surface area contributed by atoms with Gasteiger partial charge in [0.05, 0.1) is 17.5 Å². The molecule has 0 amide bonds. The fourth-order valence-electron chi connectivity index (χ4n) is 1.52. The van der Waals surface area contributed by atoms with Crippen molar-refractivity contribution in [3.8, 4) is 6.07 Å². The first-order valence-corrected chi connectivity index (χ1v) is 7.44. The average Bonchev–Trinajstić information content (AvgIpc) is 2.32. The highest BCUT2D eigenvalue weighted by Crippen LogP contribution is 2.29. The molecule has 1 aromatic carbocycles. The molecule has 0 aliphatic rings. The first-order chi connectivity index (χ1) is 8.71. The van der Waals surface area contributed by atoms with Crippen molar-refractivity contribution in [2.75, 3.05) is 12.8 Å². The van der Waals surface area contributed by atoms with Crippen LogP contribution in [-0.4, -0.2) is 25.8 Å². The van der Waals surface area contributed by atoms with Gasteiger partial charge in [0, 0.05) is 18.8 Å². The van der Waals surface area contributed by atoms with Gasteiger partial charge in [-0.1, -0.05) is 11.6 Å². The summed E-state index contributed by atoms with van der Waals surface area (Å²) < 4.78 is 25.9. The smallest absolute Gasteiger partial charge is 0.244 e. The molecule has 1 rings (SSSR count). The molecule has 0 spiro atoms. The minimum Gasteiger partial charge on any atom is -0.398 e. The number of aryl methyl sites for hydroxylation is 1. The summed E-state index contributed by atoms with van der Waals surface area (Å²) in [5.41, 5.74) is 6.81. The number of hydrogen-bond donors (Lipinski definition) is 1. The normalized spacial score (nSPS) is 13.3. The van der Waals surface area contributed by atoms with E-state index in [1.807, 2.05) is 6.07 Å². The Kier molecular flexibility index (Phi) is 4.80. The fourth-order valence-corrected chi connectivity index (χ4v) is 3.47. The highest BCUT2D eigenvalue weighted by atomic mass is 35.5. The summed E-state index contributed by atoms with van der Waals surface area (Å²) in [5, 5.41) is 8.77. The molecular weight excluding hydrogens is 286 g/mol. The maximum atomic E-state index is 12.4. The van der Waals surface area contributed by atoms with Gasteiger partial charge in [-0.2, -0.15) is 9.57 Å². The highest BCUT2D eigenvalue weighted by molar-refractivity contribution is 7.89. The number of nitriles is 1. The second-order valence-corrected chi connectivity index (χ2v) is 6.74. The Bertz CT molecular complexity index is 623. The average molecular weight is 302 g/mol.